The minimum Gasteiger partial charge on any atom is -0.444 e. The molecule has 2 unspecified atom stereocenters. The SMILES string of the molecule is CONC1CCCC(NC(=O)OC(C)(C)C)C1. The fourth-order valence-electron chi connectivity index (χ4n) is 2.07. The van der Waals surface area contributed by atoms with E-state index in [-0.39, 0.29) is 12.1 Å². The summed E-state index contributed by atoms with van der Waals surface area (Å²) in [5, 5.41) is 2.91. The van der Waals surface area contributed by atoms with Gasteiger partial charge in [-0.25, -0.2) is 4.79 Å². The van der Waals surface area contributed by atoms with Crippen LogP contribution < -0.4 is 10.8 Å². The van der Waals surface area contributed by atoms with E-state index in [1.807, 2.05) is 20.8 Å². The van der Waals surface area contributed by atoms with Crippen molar-refractivity contribution in [3.8, 4) is 0 Å². The number of ether oxygens (including phenoxy) is 1. The molecule has 1 saturated carbocycles. The number of hydrogen-bond donors (Lipinski definition) is 2. The molecule has 17 heavy (non-hydrogen) atoms. The van der Waals surface area contributed by atoms with Gasteiger partial charge in [-0.3, -0.25) is 0 Å². The van der Waals surface area contributed by atoms with Crippen LogP contribution >= 0.6 is 0 Å². The molecule has 1 aliphatic carbocycles. The van der Waals surface area contributed by atoms with Gasteiger partial charge in [0.1, 0.15) is 5.60 Å². The number of nitrogens with one attached hydrogen (secondary N) is 2. The van der Waals surface area contributed by atoms with Crippen LogP contribution in [0.3, 0.4) is 0 Å². The Hall–Kier alpha value is -0.810. The van der Waals surface area contributed by atoms with Crippen LogP contribution in [0.2, 0.25) is 0 Å². The van der Waals surface area contributed by atoms with Crippen LogP contribution in [0, 0.1) is 0 Å². The van der Waals surface area contributed by atoms with Crippen molar-refractivity contribution in [2.45, 2.75) is 64.1 Å². The average Bonchev–Trinajstić information content (AvgIpc) is 2.15. The lowest BCUT2D eigenvalue weighted by Crippen LogP contribution is -2.45. The number of amides is 1. The van der Waals surface area contributed by atoms with Crippen molar-refractivity contribution < 1.29 is 14.4 Å². The zero-order valence-electron chi connectivity index (χ0n) is 11.2. The second-order valence-electron chi connectivity index (χ2n) is 5.53. The first-order valence-electron chi connectivity index (χ1n) is 6.19. The molecule has 0 bridgehead atoms. The molecule has 0 aromatic carbocycles. The lowest BCUT2D eigenvalue weighted by atomic mass is 9.91. The molecule has 1 amide bonds. The third-order valence-electron chi connectivity index (χ3n) is 2.68. The van der Waals surface area contributed by atoms with E-state index in [2.05, 4.69) is 10.8 Å². The Labute approximate surface area is 103 Å². The molecule has 0 spiro atoms. The maximum absolute atomic E-state index is 11.6. The number of hydrogen-bond acceptors (Lipinski definition) is 4. The van der Waals surface area contributed by atoms with Gasteiger partial charge in [0, 0.05) is 12.1 Å². The van der Waals surface area contributed by atoms with Crippen molar-refractivity contribution in [1.29, 1.82) is 0 Å². The predicted octanol–water partition coefficient (Wildman–Crippen LogP) is 1.97. The smallest absolute Gasteiger partial charge is 0.407 e. The molecule has 2 atom stereocenters. The zero-order chi connectivity index (χ0) is 12.9. The Morgan fingerprint density at radius 2 is 1.88 bits per heavy atom. The van der Waals surface area contributed by atoms with Gasteiger partial charge in [-0.05, 0) is 46.5 Å². The summed E-state index contributed by atoms with van der Waals surface area (Å²) in [6.45, 7) is 5.59. The van der Waals surface area contributed by atoms with Crippen LogP contribution in [-0.4, -0.2) is 30.9 Å². The fourth-order valence-corrected chi connectivity index (χ4v) is 2.07. The van der Waals surface area contributed by atoms with Crippen molar-refractivity contribution in [3.05, 3.63) is 0 Å². The summed E-state index contributed by atoms with van der Waals surface area (Å²) in [7, 11) is 1.62. The number of carbonyl (C=O) groups excluding carboxylic acids is 1. The van der Waals surface area contributed by atoms with Gasteiger partial charge < -0.3 is 14.9 Å². The Bertz CT molecular complexity index is 249. The van der Waals surface area contributed by atoms with Crippen LogP contribution in [0.15, 0.2) is 0 Å². The summed E-state index contributed by atoms with van der Waals surface area (Å²) in [5.41, 5.74) is 2.50. The number of hydroxylamine groups is 1. The van der Waals surface area contributed by atoms with Crippen LogP contribution in [0.1, 0.15) is 46.5 Å². The molecule has 0 heterocycles. The Balaban J connectivity index is 2.33. The van der Waals surface area contributed by atoms with E-state index >= 15 is 0 Å². The fraction of sp³-hybridized carbons (Fsp3) is 0.917. The molecule has 1 rings (SSSR count). The molecular weight excluding hydrogens is 220 g/mol. The summed E-state index contributed by atoms with van der Waals surface area (Å²) >= 11 is 0. The Morgan fingerprint density at radius 3 is 2.47 bits per heavy atom. The predicted molar refractivity (Wildman–Crippen MR) is 65.6 cm³/mol. The minimum absolute atomic E-state index is 0.172. The van der Waals surface area contributed by atoms with Gasteiger partial charge in [0.25, 0.3) is 0 Å². The van der Waals surface area contributed by atoms with E-state index in [4.69, 9.17) is 9.57 Å². The lowest BCUT2D eigenvalue weighted by molar-refractivity contribution is 0.0351. The molecule has 2 N–H and O–H groups in total. The van der Waals surface area contributed by atoms with Crippen LogP contribution in [-0.2, 0) is 9.57 Å². The van der Waals surface area contributed by atoms with E-state index in [0.717, 1.165) is 25.7 Å². The van der Waals surface area contributed by atoms with Gasteiger partial charge in [-0.1, -0.05) is 0 Å². The van der Waals surface area contributed by atoms with Gasteiger partial charge in [0.15, 0.2) is 0 Å². The minimum atomic E-state index is -0.442. The topological polar surface area (TPSA) is 59.6 Å². The Kier molecular flexibility index (Phi) is 5.21. The molecule has 0 aliphatic heterocycles. The zero-order valence-corrected chi connectivity index (χ0v) is 11.2. The maximum Gasteiger partial charge on any atom is 0.407 e. The number of alkyl carbamates (subject to hydrolysis) is 1. The van der Waals surface area contributed by atoms with E-state index in [0.29, 0.717) is 6.04 Å². The standard InChI is InChI=1S/C12H24N2O3/c1-12(2,3)17-11(15)13-9-6-5-7-10(8-9)14-16-4/h9-10,14H,5-8H2,1-4H3,(H,13,15). The number of rotatable bonds is 3. The van der Waals surface area contributed by atoms with Crippen LogP contribution in [0.4, 0.5) is 4.79 Å². The van der Waals surface area contributed by atoms with Crippen molar-refractivity contribution >= 4 is 6.09 Å². The van der Waals surface area contributed by atoms with E-state index < -0.39 is 5.60 Å². The second kappa shape index (κ2) is 6.21. The molecule has 5 heteroatoms. The summed E-state index contributed by atoms with van der Waals surface area (Å²) in [5.74, 6) is 0. The summed E-state index contributed by atoms with van der Waals surface area (Å²) in [6, 6.07) is 0.486. The first kappa shape index (κ1) is 14.3. The molecule has 0 aromatic heterocycles. The van der Waals surface area contributed by atoms with Gasteiger partial charge in [0.05, 0.1) is 7.11 Å². The van der Waals surface area contributed by atoms with Crippen LogP contribution in [0.25, 0.3) is 0 Å². The average molecular weight is 244 g/mol. The van der Waals surface area contributed by atoms with Gasteiger partial charge in [-0.15, -0.1) is 0 Å². The maximum atomic E-state index is 11.6. The molecule has 1 aliphatic rings. The number of carbonyl (C=O) groups is 1. The monoisotopic (exact) mass is 244 g/mol. The highest BCUT2D eigenvalue weighted by Crippen LogP contribution is 2.19. The highest BCUT2D eigenvalue weighted by Gasteiger charge is 2.25. The van der Waals surface area contributed by atoms with E-state index in [1.54, 1.807) is 7.11 Å². The summed E-state index contributed by atoms with van der Waals surface area (Å²) < 4.78 is 5.23. The lowest BCUT2D eigenvalue weighted by Gasteiger charge is -2.30. The largest absolute Gasteiger partial charge is 0.444 e. The van der Waals surface area contributed by atoms with Crippen molar-refractivity contribution in [1.82, 2.24) is 10.8 Å². The highest BCUT2D eigenvalue weighted by atomic mass is 16.6. The first-order valence-corrected chi connectivity index (χ1v) is 6.19. The molecular formula is C12H24N2O3. The Morgan fingerprint density at radius 1 is 1.24 bits per heavy atom. The van der Waals surface area contributed by atoms with Gasteiger partial charge in [-0.2, -0.15) is 5.48 Å². The molecule has 0 saturated heterocycles. The van der Waals surface area contributed by atoms with Crippen molar-refractivity contribution in [2.24, 2.45) is 0 Å². The first-order chi connectivity index (χ1) is 7.90. The quantitative estimate of drug-likeness (QED) is 0.745. The molecule has 0 radical (unpaired) electrons. The van der Waals surface area contributed by atoms with Gasteiger partial charge >= 0.3 is 6.09 Å². The third-order valence-corrected chi connectivity index (χ3v) is 2.68. The summed E-state index contributed by atoms with van der Waals surface area (Å²) in [4.78, 5) is 16.5. The molecule has 1 fully saturated rings. The molecule has 5 nitrogen and oxygen atoms in total. The van der Waals surface area contributed by atoms with Gasteiger partial charge in [0.2, 0.25) is 0 Å². The highest BCUT2D eigenvalue weighted by molar-refractivity contribution is 5.68. The normalized spacial score (nSPS) is 25.4. The van der Waals surface area contributed by atoms with Crippen molar-refractivity contribution in [2.75, 3.05) is 7.11 Å². The van der Waals surface area contributed by atoms with E-state index in [9.17, 15) is 4.79 Å². The van der Waals surface area contributed by atoms with Crippen LogP contribution in [0.5, 0.6) is 0 Å². The molecule has 100 valence electrons. The van der Waals surface area contributed by atoms with Crippen molar-refractivity contribution in [3.63, 3.8) is 0 Å². The summed E-state index contributed by atoms with van der Waals surface area (Å²) in [6.07, 6.45) is 3.72. The second-order valence-corrected chi connectivity index (χ2v) is 5.53. The molecule has 0 aromatic rings. The third kappa shape index (κ3) is 5.89. The van der Waals surface area contributed by atoms with E-state index in [1.165, 1.54) is 0 Å².